The van der Waals surface area contributed by atoms with E-state index >= 15 is 0 Å². The summed E-state index contributed by atoms with van der Waals surface area (Å²) in [6, 6.07) is 0. The first-order valence-electron chi connectivity index (χ1n) is 5.76. The predicted molar refractivity (Wildman–Crippen MR) is 63.4 cm³/mol. The Morgan fingerprint density at radius 1 is 1.17 bits per heavy atom. The van der Waals surface area contributed by atoms with Gasteiger partial charge in [-0.1, -0.05) is 35.2 Å². The van der Waals surface area contributed by atoms with E-state index in [9.17, 15) is 22.8 Å². The van der Waals surface area contributed by atoms with Crippen LogP contribution in [0.4, 0.5) is 13.2 Å². The maximum atomic E-state index is 12.3. The van der Waals surface area contributed by atoms with Crippen LogP contribution in [0.3, 0.4) is 0 Å². The van der Waals surface area contributed by atoms with Gasteiger partial charge in [0, 0.05) is 12.0 Å². The van der Waals surface area contributed by atoms with E-state index < -0.39 is 17.6 Å². The van der Waals surface area contributed by atoms with E-state index in [1.165, 1.54) is 0 Å². The number of carbonyl (C=O) groups excluding carboxylic acids is 2. The molecule has 1 amide bonds. The first kappa shape index (κ1) is 15.5. The highest BCUT2D eigenvalue weighted by atomic mass is 79.9. The highest BCUT2D eigenvalue weighted by molar-refractivity contribution is 9.09. The molecule has 0 saturated heterocycles. The van der Waals surface area contributed by atoms with E-state index in [4.69, 9.17) is 0 Å². The molecule has 1 N–H and O–H groups in total. The average Bonchev–Trinajstić information content (AvgIpc) is 2.28. The van der Waals surface area contributed by atoms with Crippen molar-refractivity contribution in [3.8, 4) is 0 Å². The molecular formula is C11H15BrF3NO2. The minimum absolute atomic E-state index is 0.0416. The Kier molecular flexibility index (Phi) is 5.19. The number of hydrogen-bond acceptors (Lipinski definition) is 2. The molecule has 0 spiro atoms. The summed E-state index contributed by atoms with van der Waals surface area (Å²) in [4.78, 5) is 22.5. The van der Waals surface area contributed by atoms with Gasteiger partial charge in [0.2, 0.25) is 0 Å². The quantitative estimate of drug-likeness (QED) is 0.806. The highest BCUT2D eigenvalue weighted by Crippen LogP contribution is 2.32. The van der Waals surface area contributed by atoms with Crippen molar-refractivity contribution in [1.82, 2.24) is 5.32 Å². The maximum absolute atomic E-state index is 12.3. The molecule has 104 valence electrons. The van der Waals surface area contributed by atoms with Gasteiger partial charge in [-0.3, -0.25) is 9.59 Å². The summed E-state index contributed by atoms with van der Waals surface area (Å²) in [7, 11) is 0. The van der Waals surface area contributed by atoms with E-state index in [0.29, 0.717) is 12.8 Å². The normalized spacial score (nSPS) is 19.3. The van der Waals surface area contributed by atoms with Crippen LogP contribution >= 0.6 is 15.9 Å². The Morgan fingerprint density at radius 3 is 2.17 bits per heavy atom. The number of amides is 1. The lowest BCUT2D eigenvalue weighted by Gasteiger charge is -2.37. The minimum atomic E-state index is -4.90. The van der Waals surface area contributed by atoms with Crippen LogP contribution in [0.5, 0.6) is 0 Å². The Hall–Kier alpha value is -0.590. The van der Waals surface area contributed by atoms with Crippen molar-refractivity contribution in [3.63, 3.8) is 0 Å². The van der Waals surface area contributed by atoms with Gasteiger partial charge in [-0.25, -0.2) is 0 Å². The third-order valence-electron chi connectivity index (χ3n) is 3.13. The van der Waals surface area contributed by atoms with Crippen molar-refractivity contribution in [2.75, 3.05) is 5.33 Å². The molecule has 0 aromatic rings. The minimum Gasteiger partial charge on any atom is -0.342 e. The number of carbonyl (C=O) groups is 2. The fourth-order valence-corrected chi connectivity index (χ4v) is 2.51. The smallest absolute Gasteiger partial charge is 0.342 e. The van der Waals surface area contributed by atoms with Gasteiger partial charge in [-0.05, 0) is 12.8 Å². The monoisotopic (exact) mass is 329 g/mol. The molecule has 0 aromatic carbocycles. The van der Waals surface area contributed by atoms with Crippen LogP contribution < -0.4 is 5.32 Å². The molecule has 0 unspecified atom stereocenters. The van der Waals surface area contributed by atoms with Crippen LogP contribution in [0.1, 0.15) is 38.5 Å². The molecule has 18 heavy (non-hydrogen) atoms. The molecule has 0 radical (unpaired) electrons. The number of ketones is 1. The van der Waals surface area contributed by atoms with Crippen molar-refractivity contribution in [1.29, 1.82) is 0 Å². The summed E-state index contributed by atoms with van der Waals surface area (Å²) >= 11 is 2.99. The number of halogens is 4. The van der Waals surface area contributed by atoms with Gasteiger partial charge in [0.05, 0.1) is 5.33 Å². The lowest BCUT2D eigenvalue weighted by atomic mass is 9.78. The average molecular weight is 330 g/mol. The Morgan fingerprint density at radius 2 is 1.72 bits per heavy atom. The van der Waals surface area contributed by atoms with Crippen molar-refractivity contribution >= 4 is 27.6 Å². The van der Waals surface area contributed by atoms with Gasteiger partial charge in [0.15, 0.2) is 0 Å². The lowest BCUT2D eigenvalue weighted by Crippen LogP contribution is -2.54. The molecule has 0 bridgehead atoms. The van der Waals surface area contributed by atoms with Crippen molar-refractivity contribution in [2.45, 2.75) is 50.2 Å². The van der Waals surface area contributed by atoms with Gasteiger partial charge < -0.3 is 5.32 Å². The third kappa shape index (κ3) is 4.26. The zero-order valence-corrected chi connectivity index (χ0v) is 11.4. The van der Waals surface area contributed by atoms with Gasteiger partial charge in [-0.2, -0.15) is 13.2 Å². The summed E-state index contributed by atoms with van der Waals surface area (Å²) < 4.78 is 36.9. The number of hydrogen-bond donors (Lipinski definition) is 1. The van der Waals surface area contributed by atoms with Crippen LogP contribution in [0.15, 0.2) is 0 Å². The van der Waals surface area contributed by atoms with Gasteiger partial charge in [0.25, 0.3) is 0 Å². The molecule has 0 aromatic heterocycles. The van der Waals surface area contributed by atoms with E-state index in [2.05, 4.69) is 15.9 Å². The summed E-state index contributed by atoms with van der Waals surface area (Å²) in [5.74, 6) is -2.15. The zero-order chi connectivity index (χ0) is 13.8. The zero-order valence-electron chi connectivity index (χ0n) is 9.78. The van der Waals surface area contributed by atoms with Crippen LogP contribution in [0.2, 0.25) is 0 Å². The Balaban J connectivity index is 2.77. The molecule has 1 rings (SSSR count). The van der Waals surface area contributed by atoms with Crippen LogP contribution in [0.25, 0.3) is 0 Å². The van der Waals surface area contributed by atoms with Crippen molar-refractivity contribution in [3.05, 3.63) is 0 Å². The molecule has 3 nitrogen and oxygen atoms in total. The number of Topliss-reactive ketones (excluding diaryl/α,β-unsaturated/α-hetero) is 1. The lowest BCUT2D eigenvalue weighted by molar-refractivity contribution is -0.176. The van der Waals surface area contributed by atoms with Crippen LogP contribution in [-0.2, 0) is 9.59 Å². The highest BCUT2D eigenvalue weighted by Gasteiger charge is 2.44. The largest absolute Gasteiger partial charge is 0.471 e. The standard InChI is InChI=1S/C11H15BrF3NO2/c12-7-8(17)6-10(4-2-1-3-5-10)16-9(18)11(13,14)15/h1-7H2,(H,16,18). The van der Waals surface area contributed by atoms with Crippen molar-refractivity contribution in [2.24, 2.45) is 0 Å². The summed E-state index contributed by atoms with van der Waals surface area (Å²) in [5.41, 5.74) is -1.02. The number of alkyl halides is 4. The molecule has 1 fully saturated rings. The fraction of sp³-hybridized carbons (Fsp3) is 0.818. The van der Waals surface area contributed by atoms with E-state index in [0.717, 1.165) is 19.3 Å². The van der Waals surface area contributed by atoms with Crippen LogP contribution in [0, 0.1) is 0 Å². The molecule has 0 aliphatic heterocycles. The maximum Gasteiger partial charge on any atom is 0.471 e. The third-order valence-corrected chi connectivity index (χ3v) is 3.76. The van der Waals surface area contributed by atoms with Crippen molar-refractivity contribution < 1.29 is 22.8 Å². The van der Waals surface area contributed by atoms with Gasteiger partial charge in [-0.15, -0.1) is 0 Å². The topological polar surface area (TPSA) is 46.2 Å². The first-order valence-corrected chi connectivity index (χ1v) is 6.88. The summed E-state index contributed by atoms with van der Waals surface area (Å²) in [5, 5.41) is 2.13. The van der Waals surface area contributed by atoms with E-state index in [1.54, 1.807) is 0 Å². The summed E-state index contributed by atoms with van der Waals surface area (Å²) in [6.45, 7) is 0. The molecular weight excluding hydrogens is 315 g/mol. The van der Waals surface area contributed by atoms with Gasteiger partial charge in [0.1, 0.15) is 5.78 Å². The van der Waals surface area contributed by atoms with E-state index in [-0.39, 0.29) is 17.5 Å². The predicted octanol–water partition coefficient (Wildman–Crippen LogP) is 2.72. The first-order chi connectivity index (χ1) is 8.29. The fourth-order valence-electron chi connectivity index (χ4n) is 2.31. The molecule has 7 heteroatoms. The molecule has 0 heterocycles. The number of nitrogens with one attached hydrogen (secondary N) is 1. The molecule has 1 aliphatic rings. The summed E-state index contributed by atoms with van der Waals surface area (Å²) in [6.07, 6.45) is -1.71. The molecule has 1 saturated carbocycles. The number of rotatable bonds is 4. The second kappa shape index (κ2) is 6.04. The molecule has 0 atom stereocenters. The Bertz CT molecular complexity index is 325. The second-order valence-electron chi connectivity index (χ2n) is 4.64. The molecule has 1 aliphatic carbocycles. The Labute approximate surface area is 112 Å². The van der Waals surface area contributed by atoms with Gasteiger partial charge >= 0.3 is 12.1 Å². The second-order valence-corrected chi connectivity index (χ2v) is 5.20. The SMILES string of the molecule is O=C(CBr)CC1(NC(=O)C(F)(F)F)CCCCC1. The van der Waals surface area contributed by atoms with E-state index in [1.807, 2.05) is 5.32 Å². The van der Waals surface area contributed by atoms with Crippen LogP contribution in [-0.4, -0.2) is 28.7 Å².